The maximum Gasteiger partial charge on any atom is 0.221 e. The topological polar surface area (TPSA) is 58.4 Å². The molecule has 1 fully saturated rings. The fraction of sp³-hybridized carbons (Fsp3) is 0.929. The highest BCUT2D eigenvalue weighted by Crippen LogP contribution is 2.22. The van der Waals surface area contributed by atoms with Crippen molar-refractivity contribution >= 4 is 5.91 Å². The van der Waals surface area contributed by atoms with E-state index >= 15 is 0 Å². The van der Waals surface area contributed by atoms with Crippen molar-refractivity contribution in [1.29, 1.82) is 0 Å². The highest BCUT2D eigenvalue weighted by molar-refractivity contribution is 5.76. The van der Waals surface area contributed by atoms with Crippen LogP contribution in [0.3, 0.4) is 0 Å². The minimum absolute atomic E-state index is 0.143. The van der Waals surface area contributed by atoms with E-state index in [-0.39, 0.29) is 11.9 Å². The number of likely N-dealkylation sites (tertiary alicyclic amines) is 1. The van der Waals surface area contributed by atoms with Gasteiger partial charge < -0.3 is 11.1 Å². The highest BCUT2D eigenvalue weighted by atomic mass is 16.1. The number of hydrogen-bond acceptors (Lipinski definition) is 3. The van der Waals surface area contributed by atoms with E-state index in [0.717, 1.165) is 32.0 Å². The summed E-state index contributed by atoms with van der Waals surface area (Å²) in [5.74, 6) is 1.01. The normalized spacial score (nSPS) is 19.7. The van der Waals surface area contributed by atoms with Gasteiger partial charge in [0, 0.05) is 25.6 Å². The van der Waals surface area contributed by atoms with Gasteiger partial charge in [0.15, 0.2) is 0 Å². The van der Waals surface area contributed by atoms with Gasteiger partial charge >= 0.3 is 0 Å². The van der Waals surface area contributed by atoms with Gasteiger partial charge in [0.05, 0.1) is 0 Å². The van der Waals surface area contributed by atoms with Crippen LogP contribution in [0, 0.1) is 5.92 Å². The zero-order valence-electron chi connectivity index (χ0n) is 12.0. The van der Waals surface area contributed by atoms with Crippen molar-refractivity contribution in [1.82, 2.24) is 10.2 Å². The molecule has 0 saturated carbocycles. The first-order chi connectivity index (χ1) is 8.71. The van der Waals surface area contributed by atoms with Crippen molar-refractivity contribution in [3.05, 3.63) is 0 Å². The number of amides is 1. The van der Waals surface area contributed by atoms with Crippen molar-refractivity contribution in [3.8, 4) is 0 Å². The van der Waals surface area contributed by atoms with Crippen molar-refractivity contribution < 1.29 is 4.79 Å². The molecule has 0 bridgehead atoms. The summed E-state index contributed by atoms with van der Waals surface area (Å²) in [7, 11) is 0. The number of carbonyl (C=O) groups excluding carboxylic acids is 1. The molecule has 1 amide bonds. The first kappa shape index (κ1) is 15.4. The molecule has 0 spiro atoms. The molecule has 106 valence electrons. The second-order valence-corrected chi connectivity index (χ2v) is 5.33. The van der Waals surface area contributed by atoms with Crippen molar-refractivity contribution in [3.63, 3.8) is 0 Å². The van der Waals surface area contributed by atoms with E-state index in [1.165, 1.54) is 19.3 Å². The zero-order chi connectivity index (χ0) is 13.4. The largest absolute Gasteiger partial charge is 0.356 e. The van der Waals surface area contributed by atoms with Gasteiger partial charge in [-0.25, -0.2) is 0 Å². The van der Waals surface area contributed by atoms with Gasteiger partial charge in [0.25, 0.3) is 0 Å². The van der Waals surface area contributed by atoms with Crippen LogP contribution in [0.5, 0.6) is 0 Å². The molecule has 4 nitrogen and oxygen atoms in total. The molecule has 1 unspecified atom stereocenters. The standard InChI is InChI=1S/C14H29N3O/c1-3-7-16-14(18)10-13(11-15)17-8-5-12(4-2)6-9-17/h12-13H,3-11,15H2,1-2H3,(H,16,18). The fourth-order valence-corrected chi connectivity index (χ4v) is 2.64. The van der Waals surface area contributed by atoms with Gasteiger partial charge in [-0.05, 0) is 38.3 Å². The Labute approximate surface area is 111 Å². The van der Waals surface area contributed by atoms with Crippen LogP contribution in [0.4, 0.5) is 0 Å². The Hall–Kier alpha value is -0.610. The van der Waals surface area contributed by atoms with E-state index in [2.05, 4.69) is 24.1 Å². The van der Waals surface area contributed by atoms with Crippen LogP contribution >= 0.6 is 0 Å². The van der Waals surface area contributed by atoms with E-state index in [1.807, 2.05) is 0 Å². The Bertz CT molecular complexity index is 237. The maximum absolute atomic E-state index is 11.7. The molecule has 1 heterocycles. The molecule has 18 heavy (non-hydrogen) atoms. The van der Waals surface area contributed by atoms with Crippen LogP contribution in [-0.2, 0) is 4.79 Å². The number of nitrogens with two attached hydrogens (primary N) is 1. The number of nitrogens with one attached hydrogen (secondary N) is 1. The average Bonchev–Trinajstić information content (AvgIpc) is 2.42. The van der Waals surface area contributed by atoms with Gasteiger partial charge in [-0.15, -0.1) is 0 Å². The van der Waals surface area contributed by atoms with Crippen LogP contribution in [0.1, 0.15) is 46.0 Å². The molecule has 0 aliphatic carbocycles. The lowest BCUT2D eigenvalue weighted by atomic mass is 9.93. The van der Waals surface area contributed by atoms with E-state index in [0.29, 0.717) is 13.0 Å². The Morgan fingerprint density at radius 3 is 2.56 bits per heavy atom. The summed E-state index contributed by atoms with van der Waals surface area (Å²) in [5.41, 5.74) is 5.83. The predicted molar refractivity (Wildman–Crippen MR) is 75.3 cm³/mol. The average molecular weight is 255 g/mol. The molecule has 1 aliphatic heterocycles. The number of rotatable bonds is 7. The monoisotopic (exact) mass is 255 g/mol. The van der Waals surface area contributed by atoms with E-state index in [1.54, 1.807) is 0 Å². The van der Waals surface area contributed by atoms with Gasteiger partial charge in [0.2, 0.25) is 5.91 Å². The molecule has 1 saturated heterocycles. The first-order valence-corrected chi connectivity index (χ1v) is 7.42. The van der Waals surface area contributed by atoms with E-state index < -0.39 is 0 Å². The summed E-state index contributed by atoms with van der Waals surface area (Å²) >= 11 is 0. The number of carbonyl (C=O) groups is 1. The van der Waals surface area contributed by atoms with Crippen LogP contribution < -0.4 is 11.1 Å². The third kappa shape index (κ3) is 4.94. The van der Waals surface area contributed by atoms with E-state index in [4.69, 9.17) is 5.73 Å². The third-order valence-electron chi connectivity index (χ3n) is 4.01. The lowest BCUT2D eigenvalue weighted by Gasteiger charge is -2.36. The number of nitrogens with zero attached hydrogens (tertiary/aromatic N) is 1. The van der Waals surface area contributed by atoms with Crippen LogP contribution in [0.15, 0.2) is 0 Å². The summed E-state index contributed by atoms with van der Waals surface area (Å²) in [6.45, 7) is 7.88. The Morgan fingerprint density at radius 1 is 1.39 bits per heavy atom. The number of piperidine rings is 1. The van der Waals surface area contributed by atoms with Crippen molar-refractivity contribution in [2.24, 2.45) is 11.7 Å². The molecule has 1 aliphatic rings. The van der Waals surface area contributed by atoms with Crippen molar-refractivity contribution in [2.45, 2.75) is 52.0 Å². The first-order valence-electron chi connectivity index (χ1n) is 7.42. The molecule has 4 heteroatoms. The molecule has 0 aromatic rings. The predicted octanol–water partition coefficient (Wildman–Crippen LogP) is 1.35. The zero-order valence-corrected chi connectivity index (χ0v) is 12.0. The molecule has 1 atom stereocenters. The quantitative estimate of drug-likeness (QED) is 0.722. The van der Waals surface area contributed by atoms with E-state index in [9.17, 15) is 4.79 Å². The van der Waals surface area contributed by atoms with Crippen LogP contribution in [-0.4, -0.2) is 43.0 Å². The van der Waals surface area contributed by atoms with Gasteiger partial charge in [0.1, 0.15) is 0 Å². The lowest BCUT2D eigenvalue weighted by Crippen LogP contribution is -2.47. The van der Waals surface area contributed by atoms with Crippen LogP contribution in [0.25, 0.3) is 0 Å². The second-order valence-electron chi connectivity index (χ2n) is 5.33. The van der Waals surface area contributed by atoms with Gasteiger partial charge in [-0.2, -0.15) is 0 Å². The summed E-state index contributed by atoms with van der Waals surface area (Å²) in [4.78, 5) is 14.1. The smallest absolute Gasteiger partial charge is 0.221 e. The van der Waals surface area contributed by atoms with Gasteiger partial charge in [-0.1, -0.05) is 20.3 Å². The highest BCUT2D eigenvalue weighted by Gasteiger charge is 2.24. The van der Waals surface area contributed by atoms with Gasteiger partial charge in [-0.3, -0.25) is 9.69 Å². The minimum atomic E-state index is 0.143. The maximum atomic E-state index is 11.7. The molecule has 1 rings (SSSR count). The minimum Gasteiger partial charge on any atom is -0.356 e. The molecule has 0 aromatic carbocycles. The second kappa shape index (κ2) is 8.48. The SMILES string of the molecule is CCCNC(=O)CC(CN)N1CCC(CC)CC1. The summed E-state index contributed by atoms with van der Waals surface area (Å²) < 4.78 is 0. The Kier molecular flexibility index (Phi) is 7.28. The molecule has 0 radical (unpaired) electrons. The van der Waals surface area contributed by atoms with Crippen LogP contribution in [0.2, 0.25) is 0 Å². The molecular formula is C14H29N3O. The Balaban J connectivity index is 2.34. The molecular weight excluding hydrogens is 226 g/mol. The Morgan fingerprint density at radius 2 is 2.06 bits per heavy atom. The fourth-order valence-electron chi connectivity index (χ4n) is 2.64. The molecule has 3 N–H and O–H groups in total. The third-order valence-corrected chi connectivity index (χ3v) is 4.01. The summed E-state index contributed by atoms with van der Waals surface area (Å²) in [6, 6.07) is 0.222. The molecule has 0 aromatic heterocycles. The summed E-state index contributed by atoms with van der Waals surface area (Å²) in [6.07, 6.45) is 5.32. The van der Waals surface area contributed by atoms with Crippen molar-refractivity contribution in [2.75, 3.05) is 26.2 Å². The summed E-state index contributed by atoms with van der Waals surface area (Å²) in [5, 5.41) is 2.94. The number of hydrogen-bond donors (Lipinski definition) is 2. The lowest BCUT2D eigenvalue weighted by molar-refractivity contribution is -0.122.